The molecule has 0 spiro atoms. The number of aliphatic hydroxyl groups excluding tert-OH is 1. The number of hydrogen-bond acceptors (Lipinski definition) is 6. The number of ether oxygens (including phenoxy) is 2. The molecule has 1 aliphatic rings. The molecule has 4 rings (SSSR count). The van der Waals surface area contributed by atoms with Crippen molar-refractivity contribution in [3.05, 3.63) is 35.2 Å². The lowest BCUT2D eigenvalue weighted by Crippen LogP contribution is -2.29. The number of aromatic nitrogens is 3. The quantitative estimate of drug-likeness (QED) is 0.733. The van der Waals surface area contributed by atoms with Crippen LogP contribution < -0.4 is 0 Å². The number of hydrogen-bond donors (Lipinski definition) is 1. The van der Waals surface area contributed by atoms with Crippen LogP contribution in [0.4, 0.5) is 0 Å². The summed E-state index contributed by atoms with van der Waals surface area (Å²) in [5, 5.41) is 12.5. The molecule has 2 aromatic heterocycles. The SMILES string of the molecule is OC(COC1CCOCC1)Cn1c(-c2cscn2)nc2ccccc21. The van der Waals surface area contributed by atoms with Gasteiger partial charge in [-0.25, -0.2) is 9.97 Å². The van der Waals surface area contributed by atoms with E-state index in [1.54, 1.807) is 5.51 Å². The second kappa shape index (κ2) is 7.61. The molecule has 0 saturated carbocycles. The number of rotatable bonds is 6. The van der Waals surface area contributed by atoms with E-state index >= 15 is 0 Å². The second-order valence-corrected chi connectivity index (χ2v) is 6.93. The van der Waals surface area contributed by atoms with Crippen LogP contribution >= 0.6 is 11.3 Å². The Morgan fingerprint density at radius 2 is 2.16 bits per heavy atom. The van der Waals surface area contributed by atoms with Crippen LogP contribution in [0.3, 0.4) is 0 Å². The van der Waals surface area contributed by atoms with Crippen molar-refractivity contribution in [2.24, 2.45) is 0 Å². The molecule has 0 bridgehead atoms. The first-order valence-corrected chi connectivity index (χ1v) is 9.47. The summed E-state index contributed by atoms with van der Waals surface area (Å²) in [5.74, 6) is 0.785. The lowest BCUT2D eigenvalue weighted by Gasteiger charge is -2.24. The first kappa shape index (κ1) is 16.7. The second-order valence-electron chi connectivity index (χ2n) is 6.21. The standard InChI is InChI=1S/C18H21N3O3S/c22-13(10-24-14-5-7-23-8-6-14)9-21-17-4-2-1-3-15(17)20-18(21)16-11-25-12-19-16/h1-4,11-14,22H,5-10H2. The van der Waals surface area contributed by atoms with Crippen molar-refractivity contribution >= 4 is 22.4 Å². The minimum atomic E-state index is -0.599. The number of imidazole rings is 1. The summed E-state index contributed by atoms with van der Waals surface area (Å²) in [6, 6.07) is 7.95. The van der Waals surface area contributed by atoms with Gasteiger partial charge in [0.05, 0.1) is 41.9 Å². The van der Waals surface area contributed by atoms with Crippen molar-refractivity contribution in [1.82, 2.24) is 14.5 Å². The third kappa shape index (κ3) is 3.74. The van der Waals surface area contributed by atoms with Gasteiger partial charge in [-0.05, 0) is 25.0 Å². The zero-order chi connectivity index (χ0) is 17.1. The van der Waals surface area contributed by atoms with Crippen LogP contribution in [0.2, 0.25) is 0 Å². The summed E-state index contributed by atoms with van der Waals surface area (Å²) in [6.07, 6.45) is 1.37. The largest absolute Gasteiger partial charge is 0.389 e. The van der Waals surface area contributed by atoms with Gasteiger partial charge in [0.2, 0.25) is 0 Å². The summed E-state index contributed by atoms with van der Waals surface area (Å²) < 4.78 is 13.2. The number of benzene rings is 1. The summed E-state index contributed by atoms with van der Waals surface area (Å²) in [7, 11) is 0. The topological polar surface area (TPSA) is 69.4 Å². The summed E-state index contributed by atoms with van der Waals surface area (Å²) >= 11 is 1.54. The predicted molar refractivity (Wildman–Crippen MR) is 96.6 cm³/mol. The molecule has 25 heavy (non-hydrogen) atoms. The third-order valence-electron chi connectivity index (χ3n) is 4.40. The molecule has 0 amide bonds. The average molecular weight is 359 g/mol. The van der Waals surface area contributed by atoms with Gasteiger partial charge in [-0.2, -0.15) is 0 Å². The lowest BCUT2D eigenvalue weighted by molar-refractivity contribution is -0.0614. The Kier molecular flexibility index (Phi) is 5.07. The Hall–Kier alpha value is -1.80. The maximum atomic E-state index is 10.5. The number of fused-ring (bicyclic) bond motifs is 1. The molecule has 3 aromatic rings. The van der Waals surface area contributed by atoms with Crippen LogP contribution in [0.25, 0.3) is 22.6 Å². The molecular formula is C18H21N3O3S. The van der Waals surface area contributed by atoms with Crippen molar-refractivity contribution in [2.75, 3.05) is 19.8 Å². The van der Waals surface area contributed by atoms with Crippen molar-refractivity contribution < 1.29 is 14.6 Å². The fourth-order valence-corrected chi connectivity index (χ4v) is 3.66. The van der Waals surface area contributed by atoms with Crippen molar-refractivity contribution in [1.29, 1.82) is 0 Å². The molecule has 1 saturated heterocycles. The molecule has 0 aliphatic carbocycles. The number of para-hydroxylation sites is 2. The van der Waals surface area contributed by atoms with Crippen LogP contribution in [0.1, 0.15) is 12.8 Å². The molecule has 1 aromatic carbocycles. The highest BCUT2D eigenvalue weighted by molar-refractivity contribution is 7.07. The highest BCUT2D eigenvalue weighted by Gasteiger charge is 2.19. The number of nitrogens with zero attached hydrogens (tertiary/aromatic N) is 3. The van der Waals surface area contributed by atoms with Crippen LogP contribution in [-0.2, 0) is 16.0 Å². The zero-order valence-corrected chi connectivity index (χ0v) is 14.7. The minimum Gasteiger partial charge on any atom is -0.389 e. The molecule has 6 nitrogen and oxygen atoms in total. The molecule has 1 fully saturated rings. The zero-order valence-electron chi connectivity index (χ0n) is 13.9. The van der Waals surface area contributed by atoms with E-state index in [0.29, 0.717) is 13.2 Å². The van der Waals surface area contributed by atoms with Crippen LogP contribution in [-0.4, -0.2) is 51.7 Å². The van der Waals surface area contributed by atoms with E-state index in [-0.39, 0.29) is 6.10 Å². The van der Waals surface area contributed by atoms with E-state index in [9.17, 15) is 5.11 Å². The maximum absolute atomic E-state index is 10.5. The molecule has 3 heterocycles. The first-order chi connectivity index (χ1) is 12.3. The smallest absolute Gasteiger partial charge is 0.160 e. The van der Waals surface area contributed by atoms with Gasteiger partial charge in [-0.1, -0.05) is 12.1 Å². The van der Waals surface area contributed by atoms with Gasteiger partial charge in [-0.15, -0.1) is 11.3 Å². The van der Waals surface area contributed by atoms with E-state index in [1.165, 1.54) is 11.3 Å². The lowest BCUT2D eigenvalue weighted by atomic mass is 10.1. The Bertz CT molecular complexity index is 812. The van der Waals surface area contributed by atoms with Crippen LogP contribution in [0.5, 0.6) is 0 Å². The van der Waals surface area contributed by atoms with Gasteiger partial charge < -0.3 is 19.1 Å². The molecule has 1 aliphatic heterocycles. The normalized spacial score (nSPS) is 17.2. The molecular weight excluding hydrogens is 338 g/mol. The van der Waals surface area contributed by atoms with E-state index in [1.807, 2.05) is 34.2 Å². The van der Waals surface area contributed by atoms with Crippen molar-refractivity contribution in [2.45, 2.75) is 31.6 Å². The monoisotopic (exact) mass is 359 g/mol. The highest BCUT2D eigenvalue weighted by atomic mass is 32.1. The van der Waals surface area contributed by atoms with Crippen molar-refractivity contribution in [3.63, 3.8) is 0 Å². The van der Waals surface area contributed by atoms with Crippen LogP contribution in [0, 0.1) is 0 Å². The van der Waals surface area contributed by atoms with E-state index in [2.05, 4.69) is 4.98 Å². The van der Waals surface area contributed by atoms with Gasteiger partial charge in [0.15, 0.2) is 5.82 Å². The fourth-order valence-electron chi connectivity index (χ4n) is 3.13. The van der Waals surface area contributed by atoms with Gasteiger partial charge in [0.1, 0.15) is 5.69 Å². The molecule has 7 heteroatoms. The molecule has 0 radical (unpaired) electrons. The summed E-state index contributed by atoms with van der Waals surface area (Å²) in [6.45, 7) is 2.21. The van der Waals surface area contributed by atoms with E-state index in [4.69, 9.17) is 14.5 Å². The molecule has 1 unspecified atom stereocenters. The highest BCUT2D eigenvalue weighted by Crippen LogP contribution is 2.25. The van der Waals surface area contributed by atoms with Gasteiger partial charge in [0.25, 0.3) is 0 Å². The Balaban J connectivity index is 1.52. The molecule has 1 atom stereocenters. The van der Waals surface area contributed by atoms with Gasteiger partial charge >= 0.3 is 0 Å². The molecule has 132 valence electrons. The summed E-state index contributed by atoms with van der Waals surface area (Å²) in [4.78, 5) is 9.07. The van der Waals surface area contributed by atoms with E-state index < -0.39 is 6.10 Å². The van der Waals surface area contributed by atoms with Gasteiger partial charge in [0, 0.05) is 18.6 Å². The number of thiazole rings is 1. The van der Waals surface area contributed by atoms with E-state index in [0.717, 1.165) is 48.6 Å². The average Bonchev–Trinajstić information content (AvgIpc) is 3.29. The minimum absolute atomic E-state index is 0.181. The maximum Gasteiger partial charge on any atom is 0.160 e. The van der Waals surface area contributed by atoms with Crippen molar-refractivity contribution in [3.8, 4) is 11.5 Å². The Morgan fingerprint density at radius 3 is 2.96 bits per heavy atom. The van der Waals surface area contributed by atoms with Gasteiger partial charge in [-0.3, -0.25) is 0 Å². The fraction of sp³-hybridized carbons (Fsp3) is 0.444. The number of aliphatic hydroxyl groups is 1. The Morgan fingerprint density at radius 1 is 1.32 bits per heavy atom. The molecule has 1 N–H and O–H groups in total. The predicted octanol–water partition coefficient (Wildman–Crippen LogP) is 2.72. The first-order valence-electron chi connectivity index (χ1n) is 8.52. The third-order valence-corrected chi connectivity index (χ3v) is 4.99. The Labute approximate surface area is 150 Å². The summed E-state index contributed by atoms with van der Waals surface area (Å²) in [5.41, 5.74) is 4.53. The van der Waals surface area contributed by atoms with Crippen LogP contribution in [0.15, 0.2) is 35.2 Å².